The third kappa shape index (κ3) is 3.06. The molecule has 0 fully saturated rings. The van der Waals surface area contributed by atoms with Crippen LogP contribution < -0.4 is 5.73 Å². The summed E-state index contributed by atoms with van der Waals surface area (Å²) in [6, 6.07) is 8.11. The number of hydrogen-bond donors (Lipinski definition) is 1. The van der Waals surface area contributed by atoms with E-state index >= 15 is 0 Å². The Hall–Kier alpha value is -2.37. The number of nitrogen functional groups attached to an aromatic ring is 1. The highest BCUT2D eigenvalue weighted by Gasteiger charge is 2.20. The molecule has 6 heteroatoms. The van der Waals surface area contributed by atoms with Gasteiger partial charge in [0.05, 0.1) is 11.0 Å². The van der Waals surface area contributed by atoms with Gasteiger partial charge in [-0.25, -0.2) is 9.61 Å². The zero-order valence-electron chi connectivity index (χ0n) is 13.7. The summed E-state index contributed by atoms with van der Waals surface area (Å²) in [5, 5.41) is 7.63. The topological polar surface area (TPSA) is 82.8 Å². The number of imidazole rings is 1. The predicted molar refractivity (Wildman–Crippen MR) is 90.7 cm³/mol. The lowest BCUT2D eigenvalue weighted by Gasteiger charge is -2.17. The van der Waals surface area contributed by atoms with Crippen molar-refractivity contribution in [1.29, 1.82) is 0 Å². The highest BCUT2D eigenvalue weighted by Crippen LogP contribution is 2.28. The van der Waals surface area contributed by atoms with Crippen molar-refractivity contribution in [2.45, 2.75) is 46.1 Å². The van der Waals surface area contributed by atoms with Crippen LogP contribution in [0.1, 0.15) is 39.5 Å². The molecule has 0 aliphatic rings. The molecule has 3 aromatic rings. The molecule has 0 amide bonds. The smallest absolute Gasteiger partial charge is 0.199 e. The maximum absolute atomic E-state index is 5.89. The number of rotatable bonds is 7. The summed E-state index contributed by atoms with van der Waals surface area (Å²) in [5.74, 6) is 1.62. The lowest BCUT2D eigenvalue weighted by Crippen LogP contribution is -2.12. The van der Waals surface area contributed by atoms with Gasteiger partial charge in [0, 0.05) is 6.54 Å². The summed E-state index contributed by atoms with van der Waals surface area (Å²) in [4.78, 5) is 4.70. The van der Waals surface area contributed by atoms with Gasteiger partial charge in [-0.3, -0.25) is 0 Å². The van der Waals surface area contributed by atoms with E-state index < -0.39 is 0 Å². The van der Waals surface area contributed by atoms with E-state index in [1.165, 1.54) is 19.3 Å². The standard InChI is InChI=1S/C17H23N5O/c1-3-5-8-12(4-2)11-22-14-10-7-6-9-13(14)19-17(22)15-16(18)21-23-20-15/h6-7,9-10,12H,3-5,8,11H2,1-2H3,(H2,18,21)/t12-/m1/s1. The fraction of sp³-hybridized carbons (Fsp3) is 0.471. The van der Waals surface area contributed by atoms with E-state index in [2.05, 4.69) is 34.8 Å². The fourth-order valence-corrected chi connectivity index (χ4v) is 2.97. The monoisotopic (exact) mass is 313 g/mol. The van der Waals surface area contributed by atoms with Gasteiger partial charge in [-0.2, -0.15) is 0 Å². The Kier molecular flexibility index (Phi) is 4.60. The van der Waals surface area contributed by atoms with Crippen LogP contribution in [0.4, 0.5) is 5.82 Å². The molecule has 3 rings (SSSR count). The Morgan fingerprint density at radius 3 is 2.74 bits per heavy atom. The van der Waals surface area contributed by atoms with Crippen LogP contribution in [0.3, 0.4) is 0 Å². The average Bonchev–Trinajstić information content (AvgIpc) is 3.14. The lowest BCUT2D eigenvalue weighted by atomic mass is 9.99. The minimum absolute atomic E-state index is 0.281. The predicted octanol–water partition coefficient (Wildman–Crippen LogP) is 3.88. The number of benzene rings is 1. The number of nitrogens with two attached hydrogens (primary N) is 1. The molecule has 2 heterocycles. The zero-order chi connectivity index (χ0) is 16.2. The molecule has 0 saturated carbocycles. The third-order valence-corrected chi connectivity index (χ3v) is 4.36. The molecule has 2 N–H and O–H groups in total. The van der Waals surface area contributed by atoms with Gasteiger partial charge in [0.2, 0.25) is 0 Å². The quantitative estimate of drug-likeness (QED) is 0.715. The molecule has 0 bridgehead atoms. The van der Waals surface area contributed by atoms with Gasteiger partial charge in [-0.05, 0) is 34.8 Å². The molecular formula is C17H23N5O. The fourth-order valence-electron chi connectivity index (χ4n) is 2.97. The normalized spacial score (nSPS) is 12.8. The van der Waals surface area contributed by atoms with Crippen LogP contribution in [0.25, 0.3) is 22.6 Å². The van der Waals surface area contributed by atoms with Gasteiger partial charge in [-0.1, -0.05) is 45.2 Å². The molecule has 0 radical (unpaired) electrons. The summed E-state index contributed by atoms with van der Waals surface area (Å²) in [6.45, 7) is 5.37. The Bertz CT molecular complexity index is 776. The molecule has 1 atom stereocenters. The maximum Gasteiger partial charge on any atom is 0.199 e. The first-order valence-electron chi connectivity index (χ1n) is 8.28. The molecule has 0 aliphatic carbocycles. The Morgan fingerprint density at radius 2 is 2.04 bits per heavy atom. The number of hydrogen-bond acceptors (Lipinski definition) is 5. The highest BCUT2D eigenvalue weighted by atomic mass is 16.6. The number of aromatic nitrogens is 4. The van der Waals surface area contributed by atoms with E-state index in [9.17, 15) is 0 Å². The zero-order valence-corrected chi connectivity index (χ0v) is 13.7. The third-order valence-electron chi connectivity index (χ3n) is 4.36. The second kappa shape index (κ2) is 6.81. The van der Waals surface area contributed by atoms with Crippen molar-refractivity contribution in [3.63, 3.8) is 0 Å². The van der Waals surface area contributed by atoms with Crippen molar-refractivity contribution in [2.75, 3.05) is 5.73 Å². The van der Waals surface area contributed by atoms with Crippen LogP contribution in [0, 0.1) is 5.92 Å². The van der Waals surface area contributed by atoms with E-state index in [4.69, 9.17) is 15.3 Å². The Balaban J connectivity index is 2.04. The first-order valence-corrected chi connectivity index (χ1v) is 8.28. The van der Waals surface area contributed by atoms with Crippen LogP contribution >= 0.6 is 0 Å². The average molecular weight is 313 g/mol. The van der Waals surface area contributed by atoms with E-state index in [0.717, 1.165) is 29.8 Å². The van der Waals surface area contributed by atoms with Crippen molar-refractivity contribution in [3.8, 4) is 11.5 Å². The van der Waals surface area contributed by atoms with E-state index in [1.807, 2.05) is 18.2 Å². The van der Waals surface area contributed by atoms with Gasteiger partial charge >= 0.3 is 0 Å². The lowest BCUT2D eigenvalue weighted by molar-refractivity contribution is 0.310. The Morgan fingerprint density at radius 1 is 1.22 bits per heavy atom. The van der Waals surface area contributed by atoms with Crippen molar-refractivity contribution in [2.24, 2.45) is 5.92 Å². The minimum Gasteiger partial charge on any atom is -0.379 e. The van der Waals surface area contributed by atoms with Crippen molar-refractivity contribution < 1.29 is 4.63 Å². The summed E-state index contributed by atoms with van der Waals surface area (Å²) >= 11 is 0. The second-order valence-corrected chi connectivity index (χ2v) is 5.95. The summed E-state index contributed by atoms with van der Waals surface area (Å²) < 4.78 is 6.97. The second-order valence-electron chi connectivity index (χ2n) is 5.95. The number of fused-ring (bicyclic) bond motifs is 1. The van der Waals surface area contributed by atoms with Crippen molar-refractivity contribution in [1.82, 2.24) is 19.9 Å². The first kappa shape index (κ1) is 15.5. The molecule has 2 aromatic heterocycles. The van der Waals surface area contributed by atoms with Gasteiger partial charge in [0.1, 0.15) is 0 Å². The summed E-state index contributed by atoms with van der Waals surface area (Å²) in [7, 11) is 0. The number of nitrogens with zero attached hydrogens (tertiary/aromatic N) is 4. The molecule has 0 spiro atoms. The van der Waals surface area contributed by atoms with Gasteiger partial charge in [0.15, 0.2) is 17.3 Å². The van der Waals surface area contributed by atoms with Gasteiger partial charge in [-0.15, -0.1) is 0 Å². The molecule has 0 unspecified atom stereocenters. The minimum atomic E-state index is 0.281. The SMILES string of the molecule is CCCC[C@@H](CC)Cn1c(-c2nonc2N)nc2ccccc21. The molecule has 0 aliphatic heterocycles. The van der Waals surface area contributed by atoms with E-state index in [-0.39, 0.29) is 5.82 Å². The highest BCUT2D eigenvalue weighted by molar-refractivity contribution is 5.81. The molecule has 0 saturated heterocycles. The van der Waals surface area contributed by atoms with Crippen LogP contribution in [0.15, 0.2) is 28.9 Å². The van der Waals surface area contributed by atoms with Crippen LogP contribution in [0.2, 0.25) is 0 Å². The molecule has 122 valence electrons. The van der Waals surface area contributed by atoms with Crippen LogP contribution in [0.5, 0.6) is 0 Å². The van der Waals surface area contributed by atoms with Gasteiger partial charge < -0.3 is 10.3 Å². The van der Waals surface area contributed by atoms with E-state index in [1.54, 1.807) is 0 Å². The molecule has 23 heavy (non-hydrogen) atoms. The molecular weight excluding hydrogens is 290 g/mol. The largest absolute Gasteiger partial charge is 0.379 e. The number of para-hydroxylation sites is 2. The van der Waals surface area contributed by atoms with E-state index in [0.29, 0.717) is 11.6 Å². The Labute approximate surface area is 135 Å². The number of unbranched alkanes of at least 4 members (excludes halogenated alkanes) is 1. The first-order chi connectivity index (χ1) is 11.2. The summed E-state index contributed by atoms with van der Waals surface area (Å²) in [5.41, 5.74) is 8.44. The van der Waals surface area contributed by atoms with Crippen molar-refractivity contribution in [3.05, 3.63) is 24.3 Å². The van der Waals surface area contributed by atoms with Crippen molar-refractivity contribution >= 4 is 16.9 Å². The maximum atomic E-state index is 5.89. The molecule has 6 nitrogen and oxygen atoms in total. The van der Waals surface area contributed by atoms with Gasteiger partial charge in [0.25, 0.3) is 0 Å². The van der Waals surface area contributed by atoms with Crippen LogP contribution in [-0.4, -0.2) is 19.9 Å². The summed E-state index contributed by atoms with van der Waals surface area (Å²) in [6.07, 6.45) is 4.81. The number of anilines is 1. The van der Waals surface area contributed by atoms with Crippen LogP contribution in [-0.2, 0) is 6.54 Å². The molecule has 1 aromatic carbocycles.